The third kappa shape index (κ3) is 3.78. The molecule has 1 atom stereocenters. The van der Waals surface area contributed by atoms with Crippen molar-refractivity contribution in [3.8, 4) is 5.75 Å². The van der Waals surface area contributed by atoms with Crippen LogP contribution in [0.3, 0.4) is 0 Å². The third-order valence-corrected chi connectivity index (χ3v) is 4.61. The summed E-state index contributed by atoms with van der Waals surface area (Å²) in [5.41, 5.74) is 2.69. The van der Waals surface area contributed by atoms with Crippen molar-refractivity contribution in [2.24, 2.45) is 5.92 Å². The van der Waals surface area contributed by atoms with E-state index in [1.807, 2.05) is 0 Å². The smallest absolute Gasteiger partial charge is 0.123 e. The van der Waals surface area contributed by atoms with Crippen molar-refractivity contribution in [3.05, 3.63) is 29.3 Å². The minimum Gasteiger partial charge on any atom is -0.487 e. The summed E-state index contributed by atoms with van der Waals surface area (Å²) in [5.74, 6) is 1.87. The van der Waals surface area contributed by atoms with E-state index < -0.39 is 0 Å². The maximum atomic E-state index is 5.93. The van der Waals surface area contributed by atoms with Gasteiger partial charge >= 0.3 is 0 Å². The zero-order chi connectivity index (χ0) is 14.9. The summed E-state index contributed by atoms with van der Waals surface area (Å²) in [5, 5.41) is 3.64. The van der Waals surface area contributed by atoms with Gasteiger partial charge in [0.2, 0.25) is 0 Å². The van der Waals surface area contributed by atoms with E-state index in [2.05, 4.69) is 49.3 Å². The molecule has 0 aliphatic carbocycles. The molecule has 0 aromatic heterocycles. The molecule has 0 amide bonds. The van der Waals surface area contributed by atoms with Gasteiger partial charge in [0.15, 0.2) is 0 Å². The highest BCUT2D eigenvalue weighted by atomic mass is 16.5. The SMILES string of the molecule is CN1CCCC(CNCc2ccc3c(c2)CC(C)(C)O3)C1. The van der Waals surface area contributed by atoms with Crippen molar-refractivity contribution in [1.29, 1.82) is 0 Å². The van der Waals surface area contributed by atoms with E-state index in [4.69, 9.17) is 4.74 Å². The van der Waals surface area contributed by atoms with E-state index in [0.717, 1.165) is 31.2 Å². The number of piperidine rings is 1. The largest absolute Gasteiger partial charge is 0.487 e. The van der Waals surface area contributed by atoms with Gasteiger partial charge in [-0.25, -0.2) is 0 Å². The zero-order valence-electron chi connectivity index (χ0n) is 13.6. The predicted molar refractivity (Wildman–Crippen MR) is 86.8 cm³/mol. The molecule has 0 saturated carbocycles. The average molecular weight is 288 g/mol. The quantitative estimate of drug-likeness (QED) is 0.922. The molecule has 116 valence electrons. The van der Waals surface area contributed by atoms with Gasteiger partial charge < -0.3 is 15.0 Å². The average Bonchev–Trinajstić information content (AvgIpc) is 2.72. The summed E-state index contributed by atoms with van der Waals surface area (Å²) >= 11 is 0. The second-order valence-electron chi connectivity index (χ2n) is 7.38. The number of fused-ring (bicyclic) bond motifs is 1. The Morgan fingerprint density at radius 1 is 1.38 bits per heavy atom. The molecular formula is C18H28N2O. The summed E-state index contributed by atoms with van der Waals surface area (Å²) in [7, 11) is 2.23. The maximum absolute atomic E-state index is 5.93. The van der Waals surface area contributed by atoms with Gasteiger partial charge in [0, 0.05) is 19.5 Å². The molecule has 1 fully saturated rings. The van der Waals surface area contributed by atoms with Crippen LogP contribution < -0.4 is 10.1 Å². The van der Waals surface area contributed by atoms with Crippen LogP contribution in [0.15, 0.2) is 18.2 Å². The van der Waals surface area contributed by atoms with E-state index in [9.17, 15) is 0 Å². The molecule has 2 heterocycles. The lowest BCUT2D eigenvalue weighted by Gasteiger charge is -2.29. The highest BCUT2D eigenvalue weighted by Crippen LogP contribution is 2.35. The Morgan fingerprint density at radius 2 is 2.24 bits per heavy atom. The lowest BCUT2D eigenvalue weighted by molar-refractivity contribution is 0.138. The Morgan fingerprint density at radius 3 is 3.05 bits per heavy atom. The fourth-order valence-corrected chi connectivity index (χ4v) is 3.63. The Bertz CT molecular complexity index is 498. The number of likely N-dealkylation sites (tertiary alicyclic amines) is 1. The Hall–Kier alpha value is -1.06. The van der Waals surface area contributed by atoms with E-state index in [-0.39, 0.29) is 5.60 Å². The number of nitrogens with zero attached hydrogens (tertiary/aromatic N) is 1. The molecule has 1 aromatic rings. The van der Waals surface area contributed by atoms with Crippen molar-refractivity contribution >= 4 is 0 Å². The highest BCUT2D eigenvalue weighted by molar-refractivity contribution is 5.41. The summed E-state index contributed by atoms with van der Waals surface area (Å²) in [4.78, 5) is 2.45. The second-order valence-corrected chi connectivity index (χ2v) is 7.38. The van der Waals surface area contributed by atoms with Crippen LogP contribution in [0.2, 0.25) is 0 Å². The maximum Gasteiger partial charge on any atom is 0.123 e. The number of benzene rings is 1. The van der Waals surface area contributed by atoms with Crippen molar-refractivity contribution in [2.45, 2.75) is 45.3 Å². The Balaban J connectivity index is 1.50. The zero-order valence-corrected chi connectivity index (χ0v) is 13.6. The molecule has 3 heteroatoms. The molecule has 0 bridgehead atoms. The normalized spacial score (nSPS) is 24.6. The number of hydrogen-bond acceptors (Lipinski definition) is 3. The van der Waals surface area contributed by atoms with Crippen LogP contribution >= 0.6 is 0 Å². The highest BCUT2D eigenvalue weighted by Gasteiger charge is 2.29. The summed E-state index contributed by atoms with van der Waals surface area (Å²) in [6, 6.07) is 6.64. The molecule has 1 unspecified atom stereocenters. The Labute approximate surface area is 128 Å². The van der Waals surface area contributed by atoms with E-state index in [1.54, 1.807) is 0 Å². The number of hydrogen-bond donors (Lipinski definition) is 1. The first-order chi connectivity index (χ1) is 10.0. The molecule has 1 aromatic carbocycles. The summed E-state index contributed by atoms with van der Waals surface area (Å²) in [6.07, 6.45) is 3.72. The molecule has 1 N–H and O–H groups in total. The lowest BCUT2D eigenvalue weighted by Crippen LogP contribution is -2.37. The van der Waals surface area contributed by atoms with Crippen LogP contribution in [0.1, 0.15) is 37.8 Å². The minimum atomic E-state index is -0.0406. The summed E-state index contributed by atoms with van der Waals surface area (Å²) < 4.78 is 5.93. The third-order valence-electron chi connectivity index (χ3n) is 4.61. The van der Waals surface area contributed by atoms with Crippen LogP contribution in [-0.4, -0.2) is 37.2 Å². The van der Waals surface area contributed by atoms with Gasteiger partial charge in [-0.2, -0.15) is 0 Å². The van der Waals surface area contributed by atoms with E-state index in [0.29, 0.717) is 0 Å². The van der Waals surface area contributed by atoms with Crippen LogP contribution in [0.4, 0.5) is 0 Å². The molecule has 21 heavy (non-hydrogen) atoms. The first-order valence-corrected chi connectivity index (χ1v) is 8.22. The van der Waals surface area contributed by atoms with Crippen LogP contribution in [0.25, 0.3) is 0 Å². The van der Waals surface area contributed by atoms with Crippen LogP contribution in [-0.2, 0) is 13.0 Å². The van der Waals surface area contributed by atoms with Crippen LogP contribution in [0.5, 0.6) is 5.75 Å². The van der Waals surface area contributed by atoms with Crippen molar-refractivity contribution in [2.75, 3.05) is 26.7 Å². The topological polar surface area (TPSA) is 24.5 Å². The molecule has 0 radical (unpaired) electrons. The lowest BCUT2D eigenvalue weighted by atomic mass is 9.98. The number of ether oxygens (including phenoxy) is 1. The van der Waals surface area contributed by atoms with Crippen molar-refractivity contribution in [1.82, 2.24) is 10.2 Å². The first-order valence-electron chi connectivity index (χ1n) is 8.22. The standard InChI is InChI=1S/C18H28N2O/c1-18(2)10-16-9-14(6-7-17(16)21-18)11-19-12-15-5-4-8-20(3)13-15/h6-7,9,15,19H,4-5,8,10-13H2,1-3H3. The van der Waals surface area contributed by atoms with Gasteiger partial charge in [-0.15, -0.1) is 0 Å². The molecule has 1 saturated heterocycles. The molecule has 3 rings (SSSR count). The van der Waals surface area contributed by atoms with Gasteiger partial charge in [0.1, 0.15) is 11.4 Å². The second kappa shape index (κ2) is 5.98. The summed E-state index contributed by atoms with van der Waals surface area (Å²) in [6.45, 7) is 8.91. The van der Waals surface area contributed by atoms with Gasteiger partial charge in [-0.1, -0.05) is 12.1 Å². The fourth-order valence-electron chi connectivity index (χ4n) is 3.63. The molecule has 0 spiro atoms. The Kier molecular flexibility index (Phi) is 4.23. The predicted octanol–water partition coefficient (Wildman–Crippen LogP) is 2.83. The minimum absolute atomic E-state index is 0.0406. The first kappa shape index (κ1) is 14.9. The van der Waals surface area contributed by atoms with Crippen molar-refractivity contribution in [3.63, 3.8) is 0 Å². The van der Waals surface area contributed by atoms with Gasteiger partial charge in [0.25, 0.3) is 0 Å². The van der Waals surface area contributed by atoms with Gasteiger partial charge in [-0.3, -0.25) is 0 Å². The van der Waals surface area contributed by atoms with Gasteiger partial charge in [-0.05, 0) is 69.9 Å². The monoisotopic (exact) mass is 288 g/mol. The molecular weight excluding hydrogens is 260 g/mol. The number of rotatable bonds is 4. The molecule has 2 aliphatic heterocycles. The van der Waals surface area contributed by atoms with Crippen molar-refractivity contribution < 1.29 is 4.74 Å². The van der Waals surface area contributed by atoms with Gasteiger partial charge in [0.05, 0.1) is 0 Å². The van der Waals surface area contributed by atoms with Crippen LogP contribution in [0, 0.1) is 5.92 Å². The molecule has 3 nitrogen and oxygen atoms in total. The van der Waals surface area contributed by atoms with E-state index >= 15 is 0 Å². The molecule has 2 aliphatic rings. The number of nitrogens with one attached hydrogen (secondary N) is 1. The fraction of sp³-hybridized carbons (Fsp3) is 0.667. The van der Waals surface area contributed by atoms with E-state index in [1.165, 1.54) is 37.1 Å².